The summed E-state index contributed by atoms with van der Waals surface area (Å²) in [6.45, 7) is 0.403. The van der Waals surface area contributed by atoms with Gasteiger partial charge in [0.15, 0.2) is 5.76 Å². The number of alkyl halides is 3. The van der Waals surface area contributed by atoms with Gasteiger partial charge in [0.2, 0.25) is 4.80 Å². The van der Waals surface area contributed by atoms with Crippen LogP contribution in [0.1, 0.15) is 16.7 Å². The molecule has 0 N–H and O–H groups in total. The third kappa shape index (κ3) is 7.08. The molecule has 0 aliphatic rings. The minimum atomic E-state index is -4.43. The molecule has 0 unspecified atom stereocenters. The minimum absolute atomic E-state index is 0.361. The summed E-state index contributed by atoms with van der Waals surface area (Å²) in [4.78, 5) is 5.30. The van der Waals surface area contributed by atoms with Crippen LogP contribution in [-0.2, 0) is 12.6 Å². The van der Waals surface area contributed by atoms with Crippen molar-refractivity contribution < 1.29 is 22.1 Å². The fourth-order valence-electron chi connectivity index (χ4n) is 4.31. The summed E-state index contributed by atoms with van der Waals surface area (Å²) in [6.07, 6.45) is 0.858. The first-order valence-electron chi connectivity index (χ1n) is 13.3. The van der Waals surface area contributed by atoms with Crippen molar-refractivity contribution in [3.8, 4) is 28.4 Å². The van der Waals surface area contributed by atoms with Crippen LogP contribution in [0.25, 0.3) is 28.4 Å². The Morgan fingerprint density at radius 2 is 1.76 bits per heavy atom. The van der Waals surface area contributed by atoms with E-state index in [9.17, 15) is 17.6 Å². The molecule has 0 saturated heterocycles. The third-order valence-electron chi connectivity index (χ3n) is 6.62. The zero-order valence-corrected chi connectivity index (χ0v) is 25.2. The summed E-state index contributed by atoms with van der Waals surface area (Å²) in [5.41, 5.74) is 2.95. The molecule has 0 amide bonds. The van der Waals surface area contributed by atoms with E-state index in [1.54, 1.807) is 47.4 Å². The molecule has 0 saturated carbocycles. The topological polar surface area (TPSA) is 73.5 Å². The maximum Gasteiger partial charge on any atom is 0.416 e. The molecule has 3 aromatic carbocycles. The van der Waals surface area contributed by atoms with Crippen LogP contribution in [0, 0.1) is 5.82 Å². The standard InChI is InChI=1S/C31H20Cl2F4N6OS/c32-23-6-1-20(26(33)13-23)11-12-38-30-43(28(18-45-30)29-14-27(41-44-29)21-2-7-24(34)8-3-21)40-16-19-15-39-42(17-19)25-9-4-22(5-10-25)31(35,36)37/h1-10,13-18H,11-12H2/b38-30?,40-16+. The zero-order chi connectivity index (χ0) is 31.6. The van der Waals surface area contributed by atoms with E-state index in [1.807, 2.05) is 11.4 Å². The zero-order valence-electron chi connectivity index (χ0n) is 22.9. The monoisotopic (exact) mass is 670 g/mol. The Morgan fingerprint density at radius 3 is 2.49 bits per heavy atom. The van der Waals surface area contributed by atoms with Crippen molar-refractivity contribution in [3.63, 3.8) is 0 Å². The lowest BCUT2D eigenvalue weighted by molar-refractivity contribution is -0.137. The second-order valence-corrected chi connectivity index (χ2v) is 11.4. The smallest absolute Gasteiger partial charge is 0.354 e. The number of benzene rings is 3. The number of halogens is 6. The Kier molecular flexibility index (Phi) is 8.70. The largest absolute Gasteiger partial charge is 0.416 e. The van der Waals surface area contributed by atoms with Gasteiger partial charge in [0, 0.05) is 45.4 Å². The highest BCUT2D eigenvalue weighted by atomic mass is 35.5. The van der Waals surface area contributed by atoms with Gasteiger partial charge in [-0.05, 0) is 72.6 Å². The van der Waals surface area contributed by atoms with Crippen LogP contribution in [0.15, 0.2) is 105 Å². The minimum Gasteiger partial charge on any atom is -0.354 e. The fraction of sp³-hybridized carbons (Fsp3) is 0.0968. The maximum atomic E-state index is 13.4. The molecule has 0 atom stereocenters. The number of hydrogen-bond donors (Lipinski definition) is 0. The van der Waals surface area contributed by atoms with Crippen molar-refractivity contribution in [2.45, 2.75) is 12.6 Å². The Hall–Kier alpha value is -4.52. The highest BCUT2D eigenvalue weighted by molar-refractivity contribution is 7.07. The van der Waals surface area contributed by atoms with Crippen molar-refractivity contribution in [2.75, 3.05) is 6.54 Å². The Labute approximate surface area is 267 Å². The van der Waals surface area contributed by atoms with E-state index in [-0.39, 0.29) is 5.82 Å². The molecule has 0 aliphatic heterocycles. The molecule has 0 radical (unpaired) electrons. The SMILES string of the molecule is Fc1ccc(-c2cc(-c3csc(=NCCc4ccc(Cl)cc4Cl)n3/N=C/c3cnn(-c4ccc(C(F)(F)F)cc4)c3)on2)cc1. The molecular formula is C31H20Cl2F4N6OS. The Balaban J connectivity index is 1.31. The van der Waals surface area contributed by atoms with Gasteiger partial charge >= 0.3 is 6.18 Å². The number of aromatic nitrogens is 4. The van der Waals surface area contributed by atoms with Crippen LogP contribution >= 0.6 is 34.5 Å². The highest BCUT2D eigenvalue weighted by Crippen LogP contribution is 2.30. The van der Waals surface area contributed by atoms with Crippen molar-refractivity contribution in [1.29, 1.82) is 0 Å². The first-order valence-corrected chi connectivity index (χ1v) is 14.9. The molecule has 0 aliphatic carbocycles. The average molecular weight is 672 g/mol. The lowest BCUT2D eigenvalue weighted by Crippen LogP contribution is -2.13. The molecule has 6 aromatic rings. The third-order valence-corrected chi connectivity index (χ3v) is 8.06. The summed E-state index contributed by atoms with van der Waals surface area (Å²) < 4.78 is 61.0. The van der Waals surface area contributed by atoms with Gasteiger partial charge in [-0.2, -0.15) is 23.4 Å². The molecule has 3 heterocycles. The summed E-state index contributed by atoms with van der Waals surface area (Å²) >= 11 is 13.7. The van der Waals surface area contributed by atoms with E-state index in [1.165, 1.54) is 46.5 Å². The van der Waals surface area contributed by atoms with Crippen molar-refractivity contribution in [3.05, 3.63) is 128 Å². The van der Waals surface area contributed by atoms with Crippen LogP contribution in [0.5, 0.6) is 0 Å². The summed E-state index contributed by atoms with van der Waals surface area (Å²) in [7, 11) is 0. The van der Waals surface area contributed by atoms with Gasteiger partial charge in [-0.3, -0.25) is 4.99 Å². The van der Waals surface area contributed by atoms with Crippen molar-refractivity contribution in [1.82, 2.24) is 19.6 Å². The number of nitrogens with zero attached hydrogens (tertiary/aromatic N) is 6. The molecule has 0 fully saturated rings. The molecule has 0 spiro atoms. The van der Waals surface area contributed by atoms with Crippen molar-refractivity contribution in [2.24, 2.45) is 10.1 Å². The quantitative estimate of drug-likeness (QED) is 0.120. The van der Waals surface area contributed by atoms with E-state index < -0.39 is 11.7 Å². The first-order chi connectivity index (χ1) is 21.6. The summed E-state index contributed by atoms with van der Waals surface area (Å²) in [5, 5.41) is 16.0. The van der Waals surface area contributed by atoms with E-state index in [2.05, 4.69) is 15.4 Å². The Bertz CT molecular complexity index is 2040. The first kappa shape index (κ1) is 30.5. The summed E-state index contributed by atoms with van der Waals surface area (Å²) in [5.74, 6) is 0.0469. The van der Waals surface area contributed by atoms with E-state index in [0.717, 1.165) is 17.7 Å². The predicted octanol–water partition coefficient (Wildman–Crippen LogP) is 8.55. The van der Waals surface area contributed by atoms with E-state index in [4.69, 9.17) is 32.7 Å². The maximum absolute atomic E-state index is 13.4. The lowest BCUT2D eigenvalue weighted by atomic mass is 10.1. The molecule has 45 heavy (non-hydrogen) atoms. The molecule has 6 rings (SSSR count). The van der Waals surface area contributed by atoms with Crippen LogP contribution in [-0.4, -0.2) is 32.4 Å². The van der Waals surface area contributed by atoms with Gasteiger partial charge in [0.05, 0.1) is 23.7 Å². The van der Waals surface area contributed by atoms with Gasteiger partial charge in [-0.25, -0.2) is 13.7 Å². The second-order valence-electron chi connectivity index (χ2n) is 9.67. The predicted molar refractivity (Wildman–Crippen MR) is 165 cm³/mol. The molecular weight excluding hydrogens is 651 g/mol. The van der Waals surface area contributed by atoms with Crippen molar-refractivity contribution >= 4 is 40.8 Å². The van der Waals surface area contributed by atoms with Gasteiger partial charge < -0.3 is 4.52 Å². The second kappa shape index (κ2) is 12.8. The van der Waals surface area contributed by atoms with Crippen LogP contribution in [0.2, 0.25) is 10.0 Å². The number of hydrogen-bond acceptors (Lipinski definition) is 6. The molecule has 3 aromatic heterocycles. The van der Waals surface area contributed by atoms with Gasteiger partial charge in [0.1, 0.15) is 17.2 Å². The normalized spacial score (nSPS) is 12.4. The average Bonchev–Trinajstić information content (AvgIpc) is 3.77. The van der Waals surface area contributed by atoms with Crippen LogP contribution in [0.4, 0.5) is 17.6 Å². The number of thiazole rings is 1. The van der Waals surface area contributed by atoms with E-state index >= 15 is 0 Å². The molecule has 14 heteroatoms. The molecule has 7 nitrogen and oxygen atoms in total. The molecule has 0 bridgehead atoms. The number of rotatable bonds is 8. The lowest BCUT2D eigenvalue weighted by Gasteiger charge is -2.07. The summed E-state index contributed by atoms with van der Waals surface area (Å²) in [6, 6.07) is 17.6. The fourth-order valence-corrected chi connectivity index (χ4v) is 5.66. The van der Waals surface area contributed by atoms with E-state index in [0.29, 0.717) is 61.8 Å². The van der Waals surface area contributed by atoms with Crippen LogP contribution in [0.3, 0.4) is 0 Å². The highest BCUT2D eigenvalue weighted by Gasteiger charge is 2.30. The van der Waals surface area contributed by atoms with Crippen LogP contribution < -0.4 is 4.80 Å². The molecule has 228 valence electrons. The van der Waals surface area contributed by atoms with Gasteiger partial charge in [-0.1, -0.05) is 34.4 Å². The Morgan fingerprint density at radius 1 is 0.978 bits per heavy atom. The van der Waals surface area contributed by atoms with Gasteiger partial charge in [-0.15, -0.1) is 11.3 Å². The van der Waals surface area contributed by atoms with Gasteiger partial charge in [0.25, 0.3) is 0 Å².